The monoisotopic (exact) mass is 247 g/mol. The second-order valence-corrected chi connectivity index (χ2v) is 4.80. The molecule has 1 aliphatic carbocycles. The van der Waals surface area contributed by atoms with Gasteiger partial charge in [0.15, 0.2) is 0 Å². The molecule has 1 amide bonds. The molecule has 0 atom stereocenters. The van der Waals surface area contributed by atoms with E-state index in [2.05, 4.69) is 22.5 Å². The molecule has 0 saturated heterocycles. The molecule has 0 aromatic carbocycles. The van der Waals surface area contributed by atoms with Crippen molar-refractivity contribution in [3.8, 4) is 0 Å². The summed E-state index contributed by atoms with van der Waals surface area (Å²) in [7, 11) is 0. The SMILES string of the molecule is CCCNc1cnccc1C(=O)NC1CCCC1. The summed E-state index contributed by atoms with van der Waals surface area (Å²) in [5.41, 5.74) is 1.53. The van der Waals surface area contributed by atoms with Crippen LogP contribution in [-0.4, -0.2) is 23.5 Å². The van der Waals surface area contributed by atoms with Crippen LogP contribution >= 0.6 is 0 Å². The average Bonchev–Trinajstić information content (AvgIpc) is 2.89. The van der Waals surface area contributed by atoms with E-state index in [4.69, 9.17) is 0 Å². The lowest BCUT2D eigenvalue weighted by molar-refractivity contribution is 0.0938. The van der Waals surface area contributed by atoms with E-state index in [1.54, 1.807) is 18.5 Å². The third kappa shape index (κ3) is 3.22. The van der Waals surface area contributed by atoms with Crippen LogP contribution in [0.1, 0.15) is 49.4 Å². The molecule has 1 aliphatic rings. The Labute approximate surface area is 108 Å². The first-order chi connectivity index (χ1) is 8.81. The first-order valence-corrected chi connectivity index (χ1v) is 6.80. The van der Waals surface area contributed by atoms with E-state index in [0.29, 0.717) is 11.6 Å². The van der Waals surface area contributed by atoms with Crippen LogP contribution in [0.2, 0.25) is 0 Å². The van der Waals surface area contributed by atoms with E-state index >= 15 is 0 Å². The van der Waals surface area contributed by atoms with E-state index in [1.807, 2.05) is 0 Å². The molecule has 1 saturated carbocycles. The molecule has 4 heteroatoms. The van der Waals surface area contributed by atoms with E-state index in [1.165, 1.54) is 12.8 Å². The second-order valence-electron chi connectivity index (χ2n) is 4.80. The Morgan fingerprint density at radius 3 is 2.94 bits per heavy atom. The number of carbonyl (C=O) groups is 1. The van der Waals surface area contributed by atoms with Crippen LogP contribution in [-0.2, 0) is 0 Å². The van der Waals surface area contributed by atoms with Gasteiger partial charge in [-0.05, 0) is 25.3 Å². The maximum atomic E-state index is 12.2. The summed E-state index contributed by atoms with van der Waals surface area (Å²) >= 11 is 0. The van der Waals surface area contributed by atoms with Crippen molar-refractivity contribution in [2.24, 2.45) is 0 Å². The molecule has 98 valence electrons. The first kappa shape index (κ1) is 12.9. The number of nitrogens with one attached hydrogen (secondary N) is 2. The van der Waals surface area contributed by atoms with Gasteiger partial charge in [0.25, 0.3) is 5.91 Å². The molecule has 1 fully saturated rings. The number of aromatic nitrogens is 1. The minimum Gasteiger partial charge on any atom is -0.383 e. The Morgan fingerprint density at radius 2 is 2.22 bits per heavy atom. The lowest BCUT2D eigenvalue weighted by Crippen LogP contribution is -2.33. The highest BCUT2D eigenvalue weighted by molar-refractivity contribution is 5.99. The fraction of sp³-hybridized carbons (Fsp3) is 0.571. The van der Waals surface area contributed by atoms with Crippen LogP contribution in [0.15, 0.2) is 18.5 Å². The predicted molar refractivity (Wildman–Crippen MR) is 72.7 cm³/mol. The molecule has 18 heavy (non-hydrogen) atoms. The third-order valence-corrected chi connectivity index (χ3v) is 3.32. The highest BCUT2D eigenvalue weighted by atomic mass is 16.1. The topological polar surface area (TPSA) is 54.0 Å². The van der Waals surface area contributed by atoms with Crippen LogP contribution in [0.4, 0.5) is 5.69 Å². The number of amides is 1. The molecule has 2 N–H and O–H groups in total. The van der Waals surface area contributed by atoms with Crippen LogP contribution in [0.5, 0.6) is 0 Å². The van der Waals surface area contributed by atoms with E-state index in [-0.39, 0.29) is 5.91 Å². The third-order valence-electron chi connectivity index (χ3n) is 3.32. The molecule has 0 bridgehead atoms. The van der Waals surface area contributed by atoms with Crippen LogP contribution < -0.4 is 10.6 Å². The molecular formula is C14H21N3O. The quantitative estimate of drug-likeness (QED) is 0.840. The average molecular weight is 247 g/mol. The zero-order valence-corrected chi connectivity index (χ0v) is 10.9. The molecule has 4 nitrogen and oxygen atoms in total. The Morgan fingerprint density at radius 1 is 1.44 bits per heavy atom. The molecule has 0 unspecified atom stereocenters. The molecule has 1 heterocycles. The van der Waals surface area contributed by atoms with Crippen LogP contribution in [0.25, 0.3) is 0 Å². The highest BCUT2D eigenvalue weighted by Gasteiger charge is 2.19. The second kappa shape index (κ2) is 6.38. The van der Waals surface area contributed by atoms with Crippen molar-refractivity contribution in [1.29, 1.82) is 0 Å². The molecule has 2 rings (SSSR count). The maximum absolute atomic E-state index is 12.2. The summed E-state index contributed by atoms with van der Waals surface area (Å²) in [6.07, 6.45) is 9.08. The Hall–Kier alpha value is -1.58. The normalized spacial score (nSPS) is 15.6. The molecule has 1 aromatic rings. The number of anilines is 1. The number of carbonyl (C=O) groups excluding carboxylic acids is 1. The van der Waals surface area contributed by atoms with Crippen molar-refractivity contribution < 1.29 is 4.79 Å². The van der Waals surface area contributed by atoms with Gasteiger partial charge in [0.05, 0.1) is 17.4 Å². The van der Waals surface area contributed by atoms with Gasteiger partial charge in [0, 0.05) is 18.8 Å². The van der Waals surface area contributed by atoms with Crippen molar-refractivity contribution in [3.05, 3.63) is 24.0 Å². The molecule has 0 radical (unpaired) electrons. The van der Waals surface area contributed by atoms with Crippen LogP contribution in [0.3, 0.4) is 0 Å². The Kier molecular flexibility index (Phi) is 4.56. The van der Waals surface area contributed by atoms with Gasteiger partial charge >= 0.3 is 0 Å². The van der Waals surface area contributed by atoms with Gasteiger partial charge in [-0.25, -0.2) is 0 Å². The molecule has 0 spiro atoms. The zero-order chi connectivity index (χ0) is 12.8. The fourth-order valence-electron chi connectivity index (χ4n) is 2.33. The summed E-state index contributed by atoms with van der Waals surface area (Å²) in [5.74, 6) is 0.0166. The summed E-state index contributed by atoms with van der Waals surface area (Å²) in [4.78, 5) is 16.3. The smallest absolute Gasteiger partial charge is 0.253 e. The number of rotatable bonds is 5. The predicted octanol–water partition coefficient (Wildman–Crippen LogP) is 2.58. The number of nitrogens with zero attached hydrogens (tertiary/aromatic N) is 1. The zero-order valence-electron chi connectivity index (χ0n) is 10.9. The lowest BCUT2D eigenvalue weighted by atomic mass is 10.1. The van der Waals surface area contributed by atoms with Crippen LogP contribution in [0, 0.1) is 0 Å². The van der Waals surface area contributed by atoms with E-state index in [0.717, 1.165) is 31.5 Å². The maximum Gasteiger partial charge on any atom is 0.253 e. The van der Waals surface area contributed by atoms with Crippen molar-refractivity contribution in [2.45, 2.75) is 45.1 Å². The van der Waals surface area contributed by atoms with Gasteiger partial charge in [-0.2, -0.15) is 0 Å². The van der Waals surface area contributed by atoms with Gasteiger partial charge in [0.2, 0.25) is 0 Å². The lowest BCUT2D eigenvalue weighted by Gasteiger charge is -2.14. The number of hydrogen-bond acceptors (Lipinski definition) is 3. The van der Waals surface area contributed by atoms with Crippen molar-refractivity contribution >= 4 is 11.6 Å². The summed E-state index contributed by atoms with van der Waals surface area (Å²) in [6, 6.07) is 2.13. The van der Waals surface area contributed by atoms with Gasteiger partial charge in [-0.3, -0.25) is 9.78 Å². The Balaban J connectivity index is 2.03. The number of pyridine rings is 1. The van der Waals surface area contributed by atoms with Gasteiger partial charge in [-0.15, -0.1) is 0 Å². The van der Waals surface area contributed by atoms with Crippen molar-refractivity contribution in [3.63, 3.8) is 0 Å². The van der Waals surface area contributed by atoms with Gasteiger partial charge in [-0.1, -0.05) is 19.8 Å². The molecule has 0 aliphatic heterocycles. The minimum absolute atomic E-state index is 0.0166. The molecular weight excluding hydrogens is 226 g/mol. The Bertz CT molecular complexity index is 400. The van der Waals surface area contributed by atoms with Crippen molar-refractivity contribution in [2.75, 3.05) is 11.9 Å². The first-order valence-electron chi connectivity index (χ1n) is 6.80. The van der Waals surface area contributed by atoms with E-state index in [9.17, 15) is 4.79 Å². The largest absolute Gasteiger partial charge is 0.383 e. The summed E-state index contributed by atoms with van der Waals surface area (Å²) in [5, 5.41) is 6.35. The summed E-state index contributed by atoms with van der Waals surface area (Å²) < 4.78 is 0. The summed E-state index contributed by atoms with van der Waals surface area (Å²) in [6.45, 7) is 2.96. The molecule has 1 aromatic heterocycles. The van der Waals surface area contributed by atoms with Crippen molar-refractivity contribution in [1.82, 2.24) is 10.3 Å². The number of hydrogen-bond donors (Lipinski definition) is 2. The fourth-order valence-corrected chi connectivity index (χ4v) is 2.33. The van der Waals surface area contributed by atoms with Gasteiger partial charge < -0.3 is 10.6 Å². The minimum atomic E-state index is 0.0166. The van der Waals surface area contributed by atoms with Gasteiger partial charge in [0.1, 0.15) is 0 Å². The standard InChI is InChI=1S/C14H21N3O/c1-2-8-16-13-10-15-9-7-12(13)14(18)17-11-5-3-4-6-11/h7,9-11,16H,2-6,8H2,1H3,(H,17,18). The van der Waals surface area contributed by atoms with E-state index < -0.39 is 0 Å². The highest BCUT2D eigenvalue weighted by Crippen LogP contribution is 2.19.